The molecule has 4 aromatic rings. The molecule has 0 aliphatic heterocycles. The van der Waals surface area contributed by atoms with Gasteiger partial charge in [-0.15, -0.1) is 0 Å². The number of aromatic nitrogens is 1. The molecule has 0 radical (unpaired) electrons. The lowest BCUT2D eigenvalue weighted by molar-refractivity contribution is 0.251. The van der Waals surface area contributed by atoms with Crippen molar-refractivity contribution in [1.29, 1.82) is 0 Å². The molecular formula is C28H28Cl2N4O4. The van der Waals surface area contributed by atoms with Crippen LogP contribution in [-0.2, 0) is 0 Å². The van der Waals surface area contributed by atoms with Crippen molar-refractivity contribution in [3.05, 3.63) is 76.4 Å². The molecule has 3 aromatic carbocycles. The number of likely N-dealkylation sites (N-methyl/N-ethyl adjacent to an activating group) is 1. The summed E-state index contributed by atoms with van der Waals surface area (Å²) in [6.07, 6.45) is 0. The number of carbonyl (C=O) groups excluding carboxylic acids is 1. The van der Waals surface area contributed by atoms with E-state index in [1.807, 2.05) is 39.2 Å². The maximum Gasteiger partial charge on any atom is 0.323 e. The maximum absolute atomic E-state index is 12.3. The molecule has 1 aromatic heterocycles. The Morgan fingerprint density at radius 3 is 2.26 bits per heavy atom. The Morgan fingerprint density at radius 2 is 1.58 bits per heavy atom. The number of amides is 2. The topological polar surface area (TPSA) is 85.0 Å². The van der Waals surface area contributed by atoms with Gasteiger partial charge in [0.25, 0.3) is 0 Å². The summed E-state index contributed by atoms with van der Waals surface area (Å²) in [7, 11) is 5.60. The van der Waals surface area contributed by atoms with Gasteiger partial charge < -0.3 is 29.7 Å². The van der Waals surface area contributed by atoms with Crippen molar-refractivity contribution < 1.29 is 19.0 Å². The van der Waals surface area contributed by atoms with Gasteiger partial charge in [0.05, 0.1) is 28.4 Å². The number of methoxy groups -OCH3 is 1. The van der Waals surface area contributed by atoms with Gasteiger partial charge in [0, 0.05) is 29.4 Å². The van der Waals surface area contributed by atoms with Crippen LogP contribution in [0.5, 0.6) is 23.0 Å². The Labute approximate surface area is 231 Å². The highest BCUT2D eigenvalue weighted by Gasteiger charge is 2.12. The predicted molar refractivity (Wildman–Crippen MR) is 153 cm³/mol. The van der Waals surface area contributed by atoms with Gasteiger partial charge in [0.1, 0.15) is 18.1 Å². The molecule has 1 heterocycles. The molecule has 4 rings (SSSR count). The fraction of sp³-hybridized carbons (Fsp3) is 0.214. The lowest BCUT2D eigenvalue weighted by atomic mass is 10.1. The maximum atomic E-state index is 12.3. The molecule has 8 nitrogen and oxygen atoms in total. The van der Waals surface area contributed by atoms with Crippen LogP contribution in [0.2, 0.25) is 10.0 Å². The number of pyridine rings is 1. The number of hydrogen-bond donors (Lipinski definition) is 2. The summed E-state index contributed by atoms with van der Waals surface area (Å²) in [6.45, 7) is 3.21. The van der Waals surface area contributed by atoms with Gasteiger partial charge in [-0.3, -0.25) is 0 Å². The molecule has 10 heteroatoms. The number of nitrogens with zero attached hydrogens (tertiary/aromatic N) is 2. The summed E-state index contributed by atoms with van der Waals surface area (Å²) in [6, 6.07) is 17.1. The summed E-state index contributed by atoms with van der Waals surface area (Å²) in [5.41, 5.74) is 2.63. The van der Waals surface area contributed by atoms with Gasteiger partial charge in [-0.05, 0) is 75.6 Å². The normalized spacial score (nSPS) is 10.9. The minimum absolute atomic E-state index is 0.358. The molecule has 0 saturated carbocycles. The van der Waals surface area contributed by atoms with E-state index < -0.39 is 6.03 Å². The smallest absolute Gasteiger partial charge is 0.323 e. The summed E-state index contributed by atoms with van der Waals surface area (Å²) in [5, 5.41) is 7.11. The van der Waals surface area contributed by atoms with E-state index in [9.17, 15) is 4.79 Å². The second kappa shape index (κ2) is 12.2. The van der Waals surface area contributed by atoms with Crippen LogP contribution in [0.25, 0.3) is 10.9 Å². The molecule has 0 atom stereocenters. The van der Waals surface area contributed by atoms with Crippen molar-refractivity contribution in [1.82, 2.24) is 9.88 Å². The standard InChI is InChI=1S/C28H28Cl2N4O4/c1-17-25(13-18-14-26(36-4)27(16-24(18)31-17)37-12-11-34(2)3)38-21-8-5-19(6-9-21)32-28(35)33-20-7-10-22(29)23(30)15-20/h5-10,13-16H,11-12H2,1-4H3,(H2,32,33,35). The second-order valence-electron chi connectivity index (χ2n) is 8.75. The molecule has 2 amide bonds. The molecule has 0 bridgehead atoms. The van der Waals surface area contributed by atoms with E-state index in [1.165, 1.54) is 0 Å². The third kappa shape index (κ3) is 6.98. The molecule has 198 valence electrons. The first kappa shape index (κ1) is 27.3. The van der Waals surface area contributed by atoms with Gasteiger partial charge in [-0.2, -0.15) is 0 Å². The van der Waals surface area contributed by atoms with Crippen LogP contribution in [0, 0.1) is 6.92 Å². The van der Waals surface area contributed by atoms with Crippen LogP contribution in [-0.4, -0.2) is 50.3 Å². The van der Waals surface area contributed by atoms with Crippen LogP contribution in [0.4, 0.5) is 16.2 Å². The SMILES string of the molecule is COc1cc2cc(Oc3ccc(NC(=O)Nc4ccc(Cl)c(Cl)c4)cc3)c(C)nc2cc1OCCN(C)C. The fourth-order valence-corrected chi connectivity index (χ4v) is 3.87. The number of hydrogen-bond acceptors (Lipinski definition) is 6. The van der Waals surface area contributed by atoms with Crippen LogP contribution >= 0.6 is 23.2 Å². The Morgan fingerprint density at radius 1 is 0.895 bits per heavy atom. The van der Waals surface area contributed by atoms with Crippen molar-refractivity contribution >= 4 is 51.5 Å². The van der Waals surface area contributed by atoms with Crippen LogP contribution in [0.15, 0.2) is 60.7 Å². The van der Waals surface area contributed by atoms with E-state index in [1.54, 1.807) is 49.6 Å². The van der Waals surface area contributed by atoms with Gasteiger partial charge in [0.2, 0.25) is 0 Å². The first-order chi connectivity index (χ1) is 18.2. The molecule has 0 saturated heterocycles. The number of anilines is 2. The molecule has 38 heavy (non-hydrogen) atoms. The number of aryl methyl sites for hydroxylation is 1. The number of carbonyl (C=O) groups is 1. The third-order valence-corrected chi connectivity index (χ3v) is 6.30. The summed E-state index contributed by atoms with van der Waals surface area (Å²) < 4.78 is 17.5. The van der Waals surface area contributed by atoms with Crippen molar-refractivity contribution in [2.24, 2.45) is 0 Å². The molecule has 0 fully saturated rings. The highest BCUT2D eigenvalue weighted by molar-refractivity contribution is 6.42. The Bertz CT molecular complexity index is 1450. The van der Waals surface area contributed by atoms with E-state index in [4.69, 9.17) is 42.4 Å². The minimum atomic E-state index is -0.411. The average molecular weight is 555 g/mol. The first-order valence-electron chi connectivity index (χ1n) is 11.8. The summed E-state index contributed by atoms with van der Waals surface area (Å²) in [4.78, 5) is 19.1. The van der Waals surface area contributed by atoms with Crippen LogP contribution in [0.1, 0.15) is 5.69 Å². The zero-order valence-corrected chi connectivity index (χ0v) is 23.0. The molecule has 2 N–H and O–H groups in total. The predicted octanol–water partition coefficient (Wildman–Crippen LogP) is 7.24. The lowest BCUT2D eigenvalue weighted by Gasteiger charge is -2.15. The third-order valence-electron chi connectivity index (χ3n) is 5.56. The highest BCUT2D eigenvalue weighted by Crippen LogP contribution is 2.35. The number of fused-ring (bicyclic) bond motifs is 1. The molecule has 0 aliphatic carbocycles. The van der Waals surface area contributed by atoms with Gasteiger partial charge in [-0.1, -0.05) is 23.2 Å². The van der Waals surface area contributed by atoms with Crippen molar-refractivity contribution in [3.8, 4) is 23.0 Å². The Balaban J connectivity index is 1.44. The largest absolute Gasteiger partial charge is 0.493 e. The second-order valence-corrected chi connectivity index (χ2v) is 9.57. The molecule has 0 spiro atoms. The van der Waals surface area contributed by atoms with E-state index in [-0.39, 0.29) is 0 Å². The van der Waals surface area contributed by atoms with E-state index in [0.29, 0.717) is 51.0 Å². The Kier molecular flexibility index (Phi) is 8.78. The van der Waals surface area contributed by atoms with E-state index in [2.05, 4.69) is 15.5 Å². The number of rotatable bonds is 9. The fourth-order valence-electron chi connectivity index (χ4n) is 3.57. The first-order valence-corrected chi connectivity index (χ1v) is 12.6. The van der Waals surface area contributed by atoms with Gasteiger partial charge in [0.15, 0.2) is 11.5 Å². The van der Waals surface area contributed by atoms with Gasteiger partial charge in [-0.25, -0.2) is 9.78 Å². The average Bonchev–Trinajstić information content (AvgIpc) is 2.87. The summed E-state index contributed by atoms with van der Waals surface area (Å²) in [5.74, 6) is 2.48. The minimum Gasteiger partial charge on any atom is -0.493 e. The van der Waals surface area contributed by atoms with Crippen molar-refractivity contribution in [2.45, 2.75) is 6.92 Å². The number of halogens is 2. The monoisotopic (exact) mass is 554 g/mol. The van der Waals surface area contributed by atoms with E-state index in [0.717, 1.165) is 23.1 Å². The van der Waals surface area contributed by atoms with Crippen LogP contribution in [0.3, 0.4) is 0 Å². The summed E-state index contributed by atoms with van der Waals surface area (Å²) >= 11 is 11.9. The highest BCUT2D eigenvalue weighted by atomic mass is 35.5. The van der Waals surface area contributed by atoms with Crippen molar-refractivity contribution in [2.75, 3.05) is 45.0 Å². The van der Waals surface area contributed by atoms with Crippen molar-refractivity contribution in [3.63, 3.8) is 0 Å². The quantitative estimate of drug-likeness (QED) is 0.227. The number of nitrogens with one attached hydrogen (secondary N) is 2. The molecule has 0 unspecified atom stereocenters. The Hall–Kier alpha value is -3.72. The number of urea groups is 1. The zero-order valence-electron chi connectivity index (χ0n) is 21.5. The lowest BCUT2D eigenvalue weighted by Crippen LogP contribution is -2.19. The van der Waals surface area contributed by atoms with E-state index >= 15 is 0 Å². The number of benzene rings is 3. The zero-order chi connectivity index (χ0) is 27.2. The number of ether oxygens (including phenoxy) is 3. The van der Waals surface area contributed by atoms with Gasteiger partial charge >= 0.3 is 6.03 Å². The molecular weight excluding hydrogens is 527 g/mol. The molecule has 0 aliphatic rings. The van der Waals surface area contributed by atoms with Crippen LogP contribution < -0.4 is 24.8 Å².